The number of nitrogens with zero attached hydrogens (tertiary/aromatic N) is 2. The molecule has 2 N–H and O–H groups in total. The van der Waals surface area contributed by atoms with Gasteiger partial charge in [0.1, 0.15) is 17.0 Å². The Morgan fingerprint density at radius 3 is 2.44 bits per heavy atom. The van der Waals surface area contributed by atoms with Crippen LogP contribution >= 0.6 is 0 Å². The van der Waals surface area contributed by atoms with Gasteiger partial charge in [0.15, 0.2) is 0 Å². The summed E-state index contributed by atoms with van der Waals surface area (Å²) in [6, 6.07) is 19.0. The number of aromatic hydroxyl groups is 1. The van der Waals surface area contributed by atoms with Gasteiger partial charge in [-0.2, -0.15) is 0 Å². The van der Waals surface area contributed by atoms with E-state index in [1.165, 1.54) is 0 Å². The van der Waals surface area contributed by atoms with E-state index in [1.54, 1.807) is 25.7 Å². The fraction of sp³-hybridized carbons (Fsp3) is 0.0909. The Labute approximate surface area is 157 Å². The normalized spacial score (nSPS) is 11.9. The highest BCUT2D eigenvalue weighted by molar-refractivity contribution is 5.86. The maximum Gasteiger partial charge on any atom is 0.147 e. The van der Waals surface area contributed by atoms with Gasteiger partial charge in [-0.25, -0.2) is 0 Å². The number of ether oxygens (including phenoxy) is 1. The van der Waals surface area contributed by atoms with Crippen LogP contribution in [0.15, 0.2) is 79.3 Å². The van der Waals surface area contributed by atoms with Crippen molar-refractivity contribution in [2.45, 2.75) is 6.04 Å². The Kier molecular flexibility index (Phi) is 4.58. The van der Waals surface area contributed by atoms with Crippen LogP contribution in [0.4, 0.5) is 5.69 Å². The van der Waals surface area contributed by atoms with Crippen LogP contribution in [-0.4, -0.2) is 22.2 Å². The topological polar surface area (TPSA) is 67.3 Å². The number of benzene rings is 2. The lowest BCUT2D eigenvalue weighted by molar-refractivity contribution is 0.415. The van der Waals surface area contributed by atoms with Crippen molar-refractivity contribution >= 4 is 16.6 Å². The lowest BCUT2D eigenvalue weighted by atomic mass is 9.96. The molecule has 134 valence electrons. The van der Waals surface area contributed by atoms with Crippen LogP contribution in [0.1, 0.15) is 17.2 Å². The highest BCUT2D eigenvalue weighted by Gasteiger charge is 2.20. The molecule has 0 aliphatic carbocycles. The molecule has 0 aliphatic rings. The maximum absolute atomic E-state index is 10.9. The van der Waals surface area contributed by atoms with Gasteiger partial charge in [-0.05, 0) is 48.0 Å². The third-order valence-corrected chi connectivity index (χ3v) is 4.53. The van der Waals surface area contributed by atoms with E-state index in [4.69, 9.17) is 4.74 Å². The number of hydrogen-bond acceptors (Lipinski definition) is 5. The second-order valence-corrected chi connectivity index (χ2v) is 6.16. The fourth-order valence-electron chi connectivity index (χ4n) is 3.13. The fourth-order valence-corrected chi connectivity index (χ4v) is 3.13. The molecule has 27 heavy (non-hydrogen) atoms. The average Bonchev–Trinajstić information content (AvgIpc) is 2.74. The van der Waals surface area contributed by atoms with E-state index in [0.717, 1.165) is 28.0 Å². The van der Waals surface area contributed by atoms with Crippen molar-refractivity contribution in [2.75, 3.05) is 12.4 Å². The molecule has 1 unspecified atom stereocenters. The van der Waals surface area contributed by atoms with Crippen LogP contribution in [0.25, 0.3) is 10.9 Å². The van der Waals surface area contributed by atoms with Crippen molar-refractivity contribution in [3.8, 4) is 11.5 Å². The maximum atomic E-state index is 10.9. The Bertz CT molecular complexity index is 1050. The molecule has 2 aromatic heterocycles. The van der Waals surface area contributed by atoms with Crippen molar-refractivity contribution in [2.24, 2.45) is 0 Å². The van der Waals surface area contributed by atoms with Crippen LogP contribution in [0.2, 0.25) is 0 Å². The quantitative estimate of drug-likeness (QED) is 0.549. The van der Waals surface area contributed by atoms with E-state index in [2.05, 4.69) is 15.3 Å². The van der Waals surface area contributed by atoms with E-state index >= 15 is 0 Å². The van der Waals surface area contributed by atoms with Gasteiger partial charge in [0, 0.05) is 35.2 Å². The first-order chi connectivity index (χ1) is 13.3. The Hall–Kier alpha value is -3.60. The van der Waals surface area contributed by atoms with Crippen molar-refractivity contribution < 1.29 is 9.84 Å². The van der Waals surface area contributed by atoms with Crippen molar-refractivity contribution in [1.29, 1.82) is 0 Å². The van der Waals surface area contributed by atoms with Crippen LogP contribution in [0.3, 0.4) is 0 Å². The van der Waals surface area contributed by atoms with Crippen molar-refractivity contribution in [3.05, 3.63) is 90.4 Å². The Morgan fingerprint density at radius 1 is 0.926 bits per heavy atom. The van der Waals surface area contributed by atoms with Crippen LogP contribution in [-0.2, 0) is 0 Å². The highest BCUT2D eigenvalue weighted by Crippen LogP contribution is 2.36. The zero-order valence-corrected chi connectivity index (χ0v) is 14.8. The third-order valence-electron chi connectivity index (χ3n) is 4.53. The number of methoxy groups -OCH3 is 1. The van der Waals surface area contributed by atoms with Crippen LogP contribution < -0.4 is 10.1 Å². The second-order valence-electron chi connectivity index (χ2n) is 6.16. The van der Waals surface area contributed by atoms with Gasteiger partial charge in [0.2, 0.25) is 0 Å². The summed E-state index contributed by atoms with van der Waals surface area (Å²) < 4.78 is 5.23. The monoisotopic (exact) mass is 357 g/mol. The largest absolute Gasteiger partial charge is 0.505 e. The first-order valence-corrected chi connectivity index (χ1v) is 8.63. The number of pyridine rings is 2. The van der Waals surface area contributed by atoms with Gasteiger partial charge >= 0.3 is 0 Å². The average molecular weight is 357 g/mol. The molecule has 2 heterocycles. The number of rotatable bonds is 5. The number of aromatic nitrogens is 2. The molecule has 0 aliphatic heterocycles. The molecule has 5 heteroatoms. The van der Waals surface area contributed by atoms with Crippen molar-refractivity contribution in [3.63, 3.8) is 0 Å². The summed E-state index contributed by atoms with van der Waals surface area (Å²) in [6.07, 6.45) is 5.17. The molecule has 0 fully saturated rings. The standard InChI is InChI=1S/C22H19N3O2/c1-27-18-7-5-17(6-8-18)25-20(16-10-13-23-14-11-16)19-9-4-15-3-2-12-24-21(15)22(19)26/h2-14,20,25-26H,1H3. The number of nitrogens with one attached hydrogen (secondary N) is 1. The summed E-state index contributed by atoms with van der Waals surface area (Å²) >= 11 is 0. The smallest absolute Gasteiger partial charge is 0.147 e. The van der Waals surface area contributed by atoms with Gasteiger partial charge in [0.05, 0.1) is 13.2 Å². The Morgan fingerprint density at radius 2 is 1.70 bits per heavy atom. The molecule has 1 atom stereocenters. The summed E-state index contributed by atoms with van der Waals surface area (Å²) in [6.45, 7) is 0. The van der Waals surface area contributed by atoms with Gasteiger partial charge in [0.25, 0.3) is 0 Å². The summed E-state index contributed by atoms with van der Waals surface area (Å²) in [5.41, 5.74) is 3.25. The summed E-state index contributed by atoms with van der Waals surface area (Å²) in [5, 5.41) is 15.3. The second kappa shape index (κ2) is 7.33. The summed E-state index contributed by atoms with van der Waals surface area (Å²) in [5.74, 6) is 0.967. The molecule has 4 aromatic rings. The van der Waals surface area contributed by atoms with Gasteiger partial charge < -0.3 is 15.2 Å². The molecule has 4 rings (SSSR count). The lowest BCUT2D eigenvalue weighted by Crippen LogP contribution is -2.13. The molecule has 2 aromatic carbocycles. The Balaban J connectivity index is 1.79. The van der Waals surface area contributed by atoms with E-state index < -0.39 is 0 Å². The minimum Gasteiger partial charge on any atom is -0.505 e. The van der Waals surface area contributed by atoms with Gasteiger partial charge in [-0.3, -0.25) is 9.97 Å². The van der Waals surface area contributed by atoms with E-state index in [0.29, 0.717) is 5.52 Å². The van der Waals surface area contributed by atoms with Crippen molar-refractivity contribution in [1.82, 2.24) is 9.97 Å². The number of phenolic OH excluding ortho intramolecular Hbond substituents is 1. The molecule has 0 saturated carbocycles. The molecule has 0 bridgehead atoms. The number of anilines is 1. The predicted molar refractivity (Wildman–Crippen MR) is 106 cm³/mol. The minimum absolute atomic E-state index is 0.177. The SMILES string of the molecule is COc1ccc(NC(c2ccncc2)c2ccc3cccnc3c2O)cc1. The number of phenols is 1. The highest BCUT2D eigenvalue weighted by atomic mass is 16.5. The molecular formula is C22H19N3O2. The summed E-state index contributed by atoms with van der Waals surface area (Å²) in [7, 11) is 1.64. The zero-order valence-electron chi connectivity index (χ0n) is 14.8. The predicted octanol–water partition coefficient (Wildman–Crippen LogP) is 4.55. The van der Waals surface area contributed by atoms with Crippen LogP contribution in [0.5, 0.6) is 11.5 Å². The molecule has 5 nitrogen and oxygen atoms in total. The van der Waals surface area contributed by atoms with E-state index in [-0.39, 0.29) is 11.8 Å². The molecule has 0 spiro atoms. The van der Waals surface area contributed by atoms with Crippen LogP contribution in [0, 0.1) is 0 Å². The van der Waals surface area contributed by atoms with Gasteiger partial charge in [-0.15, -0.1) is 0 Å². The van der Waals surface area contributed by atoms with Gasteiger partial charge in [-0.1, -0.05) is 18.2 Å². The lowest BCUT2D eigenvalue weighted by Gasteiger charge is -2.22. The van der Waals surface area contributed by atoms with E-state index in [1.807, 2.05) is 60.7 Å². The third kappa shape index (κ3) is 3.40. The molecular weight excluding hydrogens is 338 g/mol. The number of fused-ring (bicyclic) bond motifs is 1. The molecule has 0 saturated heterocycles. The molecule has 0 amide bonds. The minimum atomic E-state index is -0.257. The first-order valence-electron chi connectivity index (χ1n) is 8.63. The molecule has 0 radical (unpaired) electrons. The first kappa shape index (κ1) is 16.8. The number of hydrogen-bond donors (Lipinski definition) is 2. The zero-order chi connectivity index (χ0) is 18.6. The van der Waals surface area contributed by atoms with E-state index in [9.17, 15) is 5.11 Å². The summed E-state index contributed by atoms with van der Waals surface area (Å²) in [4.78, 5) is 8.44.